The van der Waals surface area contributed by atoms with E-state index in [9.17, 15) is 8.42 Å². The van der Waals surface area contributed by atoms with Gasteiger partial charge in [0.2, 0.25) is 0 Å². The highest BCUT2D eigenvalue weighted by atomic mass is 32.2. The molecule has 2 N–H and O–H groups in total. The Balaban J connectivity index is 2.58. The number of nitrogens with zero attached hydrogens (tertiary/aromatic N) is 1. The van der Waals surface area contributed by atoms with Gasteiger partial charge >= 0.3 is 0 Å². The fraction of sp³-hybridized carbons (Fsp3) is 0.0833. The second-order valence-electron chi connectivity index (χ2n) is 3.61. The van der Waals surface area contributed by atoms with Crippen LogP contribution in [0.1, 0.15) is 0 Å². The standard InChI is InChI=1S/C12H12N2O3S/c1-17-11-7-3-2-5-9(11)10-6-4-8-12(14-10)18(13,15)16/h2-8H,1H3,(H2,13,15,16). The summed E-state index contributed by atoms with van der Waals surface area (Å²) in [5.41, 5.74) is 1.21. The SMILES string of the molecule is COc1ccccc1-c1cccc(S(N)(=O)=O)n1. The van der Waals surface area contributed by atoms with E-state index in [0.717, 1.165) is 0 Å². The van der Waals surface area contributed by atoms with Crippen LogP contribution in [0.5, 0.6) is 5.75 Å². The van der Waals surface area contributed by atoms with Gasteiger partial charge in [-0.2, -0.15) is 0 Å². The number of ether oxygens (including phenoxy) is 1. The summed E-state index contributed by atoms with van der Waals surface area (Å²) in [5.74, 6) is 0.622. The van der Waals surface area contributed by atoms with Gasteiger partial charge in [0.05, 0.1) is 12.8 Å². The highest BCUT2D eigenvalue weighted by Gasteiger charge is 2.12. The highest BCUT2D eigenvalue weighted by molar-refractivity contribution is 7.89. The molecule has 0 aliphatic heterocycles. The van der Waals surface area contributed by atoms with Gasteiger partial charge in [0, 0.05) is 5.56 Å². The molecule has 0 fully saturated rings. The van der Waals surface area contributed by atoms with Gasteiger partial charge in [-0.05, 0) is 24.3 Å². The molecule has 2 aromatic rings. The lowest BCUT2D eigenvalue weighted by molar-refractivity contribution is 0.416. The first kappa shape index (κ1) is 12.5. The molecule has 18 heavy (non-hydrogen) atoms. The Kier molecular flexibility index (Phi) is 3.31. The Morgan fingerprint density at radius 2 is 1.83 bits per heavy atom. The van der Waals surface area contributed by atoms with E-state index < -0.39 is 10.0 Å². The number of rotatable bonds is 3. The average Bonchev–Trinajstić information content (AvgIpc) is 2.38. The van der Waals surface area contributed by atoms with Crippen molar-refractivity contribution in [1.29, 1.82) is 0 Å². The summed E-state index contributed by atoms with van der Waals surface area (Å²) in [7, 11) is -2.26. The van der Waals surface area contributed by atoms with E-state index in [1.165, 1.54) is 6.07 Å². The molecule has 0 amide bonds. The third-order valence-electron chi connectivity index (χ3n) is 2.40. The molecule has 1 heterocycles. The third kappa shape index (κ3) is 2.49. The van der Waals surface area contributed by atoms with Crippen LogP contribution in [0.4, 0.5) is 0 Å². The van der Waals surface area contributed by atoms with Crippen LogP contribution >= 0.6 is 0 Å². The van der Waals surface area contributed by atoms with Gasteiger partial charge in [0.1, 0.15) is 5.75 Å². The van der Waals surface area contributed by atoms with Crippen LogP contribution in [-0.4, -0.2) is 20.5 Å². The number of nitrogens with two attached hydrogens (primary N) is 1. The van der Waals surface area contributed by atoms with Crippen LogP contribution in [0.3, 0.4) is 0 Å². The van der Waals surface area contributed by atoms with E-state index in [2.05, 4.69) is 4.98 Å². The molecule has 0 saturated heterocycles. The van der Waals surface area contributed by atoms with E-state index >= 15 is 0 Å². The van der Waals surface area contributed by atoms with Crippen molar-refractivity contribution in [3.63, 3.8) is 0 Å². The molecule has 6 heteroatoms. The monoisotopic (exact) mass is 264 g/mol. The van der Waals surface area contributed by atoms with Gasteiger partial charge < -0.3 is 4.74 Å². The number of primary sulfonamides is 1. The number of methoxy groups -OCH3 is 1. The first-order valence-electron chi connectivity index (χ1n) is 5.15. The number of para-hydroxylation sites is 1. The molecule has 0 aliphatic rings. The van der Waals surface area contributed by atoms with E-state index in [4.69, 9.17) is 9.88 Å². The van der Waals surface area contributed by atoms with Crippen LogP contribution < -0.4 is 9.88 Å². The predicted octanol–water partition coefficient (Wildman–Crippen LogP) is 1.40. The van der Waals surface area contributed by atoms with Crippen LogP contribution in [0.25, 0.3) is 11.3 Å². The summed E-state index contributed by atoms with van der Waals surface area (Å²) in [6.07, 6.45) is 0. The number of hydrogen-bond donors (Lipinski definition) is 1. The number of aromatic nitrogens is 1. The molecule has 0 aliphatic carbocycles. The molecule has 0 bridgehead atoms. The highest BCUT2D eigenvalue weighted by Crippen LogP contribution is 2.28. The molecule has 1 aromatic carbocycles. The topological polar surface area (TPSA) is 82.3 Å². The Labute approximate surface area is 105 Å². The molecule has 0 radical (unpaired) electrons. The maximum Gasteiger partial charge on any atom is 0.255 e. The minimum Gasteiger partial charge on any atom is -0.496 e. The first-order chi connectivity index (χ1) is 8.52. The number of hydrogen-bond acceptors (Lipinski definition) is 4. The van der Waals surface area contributed by atoms with Crippen molar-refractivity contribution in [2.75, 3.05) is 7.11 Å². The van der Waals surface area contributed by atoms with Crippen molar-refractivity contribution in [2.45, 2.75) is 5.03 Å². The summed E-state index contributed by atoms with van der Waals surface area (Å²) in [5, 5.41) is 4.89. The van der Waals surface area contributed by atoms with E-state index in [-0.39, 0.29) is 5.03 Å². The lowest BCUT2D eigenvalue weighted by atomic mass is 10.1. The van der Waals surface area contributed by atoms with Crippen molar-refractivity contribution >= 4 is 10.0 Å². The summed E-state index contributed by atoms with van der Waals surface area (Å²) in [6, 6.07) is 11.9. The number of pyridine rings is 1. The first-order valence-corrected chi connectivity index (χ1v) is 6.70. The summed E-state index contributed by atoms with van der Waals surface area (Å²) >= 11 is 0. The maximum atomic E-state index is 11.3. The van der Waals surface area contributed by atoms with Gasteiger partial charge in [-0.15, -0.1) is 0 Å². The lowest BCUT2D eigenvalue weighted by Gasteiger charge is -2.08. The van der Waals surface area contributed by atoms with Crippen LogP contribution in [0.15, 0.2) is 47.5 Å². The summed E-state index contributed by atoms with van der Waals surface area (Å²) in [6.45, 7) is 0. The molecule has 0 spiro atoms. The number of sulfonamides is 1. The van der Waals surface area contributed by atoms with Gasteiger partial charge in [0.25, 0.3) is 10.0 Å². The van der Waals surface area contributed by atoms with Crippen LogP contribution in [0, 0.1) is 0 Å². The molecular weight excluding hydrogens is 252 g/mol. The fourth-order valence-corrected chi connectivity index (χ4v) is 2.07. The maximum absolute atomic E-state index is 11.3. The molecule has 5 nitrogen and oxygen atoms in total. The van der Waals surface area contributed by atoms with Gasteiger partial charge in [-0.25, -0.2) is 18.5 Å². The Morgan fingerprint density at radius 3 is 2.50 bits per heavy atom. The normalized spacial score (nSPS) is 11.2. The molecule has 94 valence electrons. The summed E-state index contributed by atoms with van der Waals surface area (Å²) in [4.78, 5) is 4.03. The van der Waals surface area contributed by atoms with Crippen LogP contribution in [-0.2, 0) is 10.0 Å². The zero-order valence-electron chi connectivity index (χ0n) is 9.70. The molecule has 2 rings (SSSR count). The second kappa shape index (κ2) is 4.75. The lowest BCUT2D eigenvalue weighted by Crippen LogP contribution is -2.14. The van der Waals surface area contributed by atoms with Crippen molar-refractivity contribution in [1.82, 2.24) is 4.98 Å². The van der Waals surface area contributed by atoms with Crippen molar-refractivity contribution < 1.29 is 13.2 Å². The van der Waals surface area contributed by atoms with Crippen LogP contribution in [0.2, 0.25) is 0 Å². The van der Waals surface area contributed by atoms with E-state index in [1.54, 1.807) is 31.4 Å². The Morgan fingerprint density at radius 1 is 1.11 bits per heavy atom. The van der Waals surface area contributed by atoms with Crippen molar-refractivity contribution in [3.8, 4) is 17.0 Å². The van der Waals surface area contributed by atoms with Crippen molar-refractivity contribution in [2.24, 2.45) is 5.14 Å². The quantitative estimate of drug-likeness (QED) is 0.908. The van der Waals surface area contributed by atoms with Crippen molar-refractivity contribution in [3.05, 3.63) is 42.5 Å². The predicted molar refractivity (Wildman–Crippen MR) is 67.6 cm³/mol. The minimum absolute atomic E-state index is 0.161. The summed E-state index contributed by atoms with van der Waals surface area (Å²) < 4.78 is 27.7. The smallest absolute Gasteiger partial charge is 0.255 e. The van der Waals surface area contributed by atoms with E-state index in [1.807, 2.05) is 12.1 Å². The molecule has 1 aromatic heterocycles. The zero-order valence-corrected chi connectivity index (χ0v) is 10.5. The fourth-order valence-electron chi connectivity index (χ4n) is 1.58. The molecular formula is C12H12N2O3S. The molecule has 0 atom stereocenters. The minimum atomic E-state index is -3.80. The largest absolute Gasteiger partial charge is 0.496 e. The average molecular weight is 264 g/mol. The second-order valence-corrected chi connectivity index (χ2v) is 5.11. The van der Waals surface area contributed by atoms with E-state index in [0.29, 0.717) is 17.0 Å². The molecule has 0 unspecified atom stereocenters. The zero-order chi connectivity index (χ0) is 13.2. The van der Waals surface area contributed by atoms with Gasteiger partial charge in [0.15, 0.2) is 5.03 Å². The Hall–Kier alpha value is -1.92. The Bertz CT molecular complexity index is 669. The third-order valence-corrected chi connectivity index (χ3v) is 3.21. The molecule has 0 saturated carbocycles. The van der Waals surface area contributed by atoms with Gasteiger partial charge in [-0.1, -0.05) is 18.2 Å². The van der Waals surface area contributed by atoms with Gasteiger partial charge in [-0.3, -0.25) is 0 Å². The number of benzene rings is 1.